The zero-order valence-electron chi connectivity index (χ0n) is 8.81. The summed E-state index contributed by atoms with van der Waals surface area (Å²) in [7, 11) is -3.00. The van der Waals surface area contributed by atoms with Crippen molar-refractivity contribution in [2.45, 2.75) is 18.9 Å². The summed E-state index contributed by atoms with van der Waals surface area (Å²) in [6.45, 7) is 3.46. The molecule has 6 heteroatoms. The van der Waals surface area contributed by atoms with Gasteiger partial charge in [0, 0.05) is 26.2 Å². The maximum atomic E-state index is 11.7. The number of nitrogens with one attached hydrogen (secondary N) is 1. The Morgan fingerprint density at radius 2 is 2.27 bits per heavy atom. The van der Waals surface area contributed by atoms with Crippen LogP contribution in [0, 0.1) is 0 Å². The van der Waals surface area contributed by atoms with Gasteiger partial charge in [-0.1, -0.05) is 0 Å². The van der Waals surface area contributed by atoms with Crippen LogP contribution in [0.4, 0.5) is 0 Å². The highest BCUT2D eigenvalue weighted by molar-refractivity contribution is 7.89. The number of rotatable bonds is 2. The second-order valence-corrected chi connectivity index (χ2v) is 6.17. The van der Waals surface area contributed by atoms with E-state index in [0.29, 0.717) is 25.4 Å². The molecule has 2 heterocycles. The smallest absolute Gasteiger partial charge is 0.214 e. The van der Waals surface area contributed by atoms with E-state index in [0.717, 1.165) is 25.9 Å². The summed E-state index contributed by atoms with van der Waals surface area (Å²) in [6.07, 6.45) is 1.79. The number of ether oxygens (including phenoxy) is 1. The van der Waals surface area contributed by atoms with Crippen LogP contribution in [-0.4, -0.2) is 57.4 Å². The van der Waals surface area contributed by atoms with Gasteiger partial charge in [-0.25, -0.2) is 8.42 Å². The number of sulfonamides is 1. The van der Waals surface area contributed by atoms with Crippen molar-refractivity contribution in [2.75, 3.05) is 38.5 Å². The number of nitrogens with zero attached hydrogens (tertiary/aromatic N) is 1. The van der Waals surface area contributed by atoms with Crippen LogP contribution >= 0.6 is 0 Å². The van der Waals surface area contributed by atoms with E-state index in [1.54, 1.807) is 4.31 Å². The van der Waals surface area contributed by atoms with Crippen molar-refractivity contribution < 1.29 is 13.2 Å². The summed E-state index contributed by atoms with van der Waals surface area (Å²) in [4.78, 5) is 0. The van der Waals surface area contributed by atoms with Gasteiger partial charge in [0.15, 0.2) is 0 Å². The van der Waals surface area contributed by atoms with Crippen molar-refractivity contribution in [3.8, 4) is 0 Å². The second-order valence-electron chi connectivity index (χ2n) is 4.08. The summed E-state index contributed by atoms with van der Waals surface area (Å²) < 4.78 is 30.5. The monoisotopic (exact) mass is 234 g/mol. The molecule has 1 unspecified atom stereocenters. The Balaban J connectivity index is 1.91. The summed E-state index contributed by atoms with van der Waals surface area (Å²) in [5, 5.41) is 3.21. The predicted molar refractivity (Wildman–Crippen MR) is 57.2 cm³/mol. The lowest BCUT2D eigenvalue weighted by atomic mass is 10.3. The Bertz CT molecular complexity index is 298. The third kappa shape index (κ3) is 2.90. The molecule has 1 atom stereocenters. The van der Waals surface area contributed by atoms with Crippen LogP contribution in [-0.2, 0) is 14.8 Å². The third-order valence-electron chi connectivity index (χ3n) is 2.86. The van der Waals surface area contributed by atoms with E-state index in [-0.39, 0.29) is 6.10 Å². The average Bonchev–Trinajstić information content (AvgIpc) is 2.23. The van der Waals surface area contributed by atoms with Crippen LogP contribution in [0.5, 0.6) is 0 Å². The van der Waals surface area contributed by atoms with Gasteiger partial charge in [-0.3, -0.25) is 0 Å². The highest BCUT2D eigenvalue weighted by Gasteiger charge is 2.28. The first-order valence-electron chi connectivity index (χ1n) is 5.49. The predicted octanol–water partition coefficient (Wildman–Crippen LogP) is -0.600. The molecule has 0 aromatic carbocycles. The van der Waals surface area contributed by atoms with Gasteiger partial charge in [0.05, 0.1) is 18.5 Å². The number of hydrogen-bond donors (Lipinski definition) is 1. The molecule has 0 bridgehead atoms. The lowest BCUT2D eigenvalue weighted by molar-refractivity contribution is 0.0175. The molecule has 0 aromatic rings. The molecule has 1 N–H and O–H groups in total. The molecule has 0 spiro atoms. The molecule has 2 aliphatic rings. The van der Waals surface area contributed by atoms with Gasteiger partial charge in [-0.05, 0) is 12.8 Å². The Morgan fingerprint density at radius 3 is 2.93 bits per heavy atom. The summed E-state index contributed by atoms with van der Waals surface area (Å²) in [5.74, 6) is 0.299. The molecule has 5 nitrogen and oxygen atoms in total. The van der Waals surface area contributed by atoms with Crippen molar-refractivity contribution in [1.82, 2.24) is 9.62 Å². The van der Waals surface area contributed by atoms with E-state index >= 15 is 0 Å². The van der Waals surface area contributed by atoms with Gasteiger partial charge in [0.25, 0.3) is 0 Å². The summed E-state index contributed by atoms with van der Waals surface area (Å²) in [5.41, 5.74) is 0. The summed E-state index contributed by atoms with van der Waals surface area (Å²) in [6, 6.07) is 0. The molecule has 2 aliphatic heterocycles. The Labute approximate surface area is 90.8 Å². The Hall–Kier alpha value is -0.170. The van der Waals surface area contributed by atoms with Gasteiger partial charge in [-0.2, -0.15) is 4.31 Å². The van der Waals surface area contributed by atoms with Crippen LogP contribution < -0.4 is 5.32 Å². The first-order chi connectivity index (χ1) is 7.18. The first kappa shape index (κ1) is 11.3. The molecule has 0 aromatic heterocycles. The van der Waals surface area contributed by atoms with E-state index < -0.39 is 10.0 Å². The van der Waals surface area contributed by atoms with E-state index in [2.05, 4.69) is 5.32 Å². The fourth-order valence-corrected chi connectivity index (χ4v) is 3.64. The van der Waals surface area contributed by atoms with E-state index in [4.69, 9.17) is 4.74 Å². The summed E-state index contributed by atoms with van der Waals surface area (Å²) >= 11 is 0. The van der Waals surface area contributed by atoms with E-state index in [1.807, 2.05) is 0 Å². The Morgan fingerprint density at radius 1 is 1.40 bits per heavy atom. The van der Waals surface area contributed by atoms with E-state index in [9.17, 15) is 8.42 Å². The largest absolute Gasteiger partial charge is 0.374 e. The fraction of sp³-hybridized carbons (Fsp3) is 1.00. The zero-order valence-corrected chi connectivity index (χ0v) is 9.63. The average molecular weight is 234 g/mol. The molecular weight excluding hydrogens is 216 g/mol. The molecule has 88 valence electrons. The van der Waals surface area contributed by atoms with Gasteiger partial charge in [-0.15, -0.1) is 0 Å². The quantitative estimate of drug-likeness (QED) is 0.693. The molecule has 2 rings (SSSR count). The van der Waals surface area contributed by atoms with Gasteiger partial charge in [0.1, 0.15) is 0 Å². The minimum Gasteiger partial charge on any atom is -0.374 e. The van der Waals surface area contributed by atoms with Crippen LogP contribution in [0.25, 0.3) is 0 Å². The molecule has 15 heavy (non-hydrogen) atoms. The normalized spacial score (nSPS) is 32.7. The SMILES string of the molecule is O=S1(=O)CCCCN1CC1CNCCO1. The van der Waals surface area contributed by atoms with Crippen LogP contribution in [0.2, 0.25) is 0 Å². The highest BCUT2D eigenvalue weighted by Crippen LogP contribution is 2.14. The Kier molecular flexibility index (Phi) is 3.60. The van der Waals surface area contributed by atoms with Crippen molar-refractivity contribution in [3.63, 3.8) is 0 Å². The molecule has 0 amide bonds. The number of hydrogen-bond acceptors (Lipinski definition) is 4. The van der Waals surface area contributed by atoms with Crippen molar-refractivity contribution in [3.05, 3.63) is 0 Å². The second kappa shape index (κ2) is 4.78. The minimum atomic E-state index is -3.00. The van der Waals surface area contributed by atoms with Gasteiger partial charge >= 0.3 is 0 Å². The van der Waals surface area contributed by atoms with Crippen LogP contribution in [0.3, 0.4) is 0 Å². The van der Waals surface area contributed by atoms with Crippen LogP contribution in [0.1, 0.15) is 12.8 Å². The van der Waals surface area contributed by atoms with Crippen molar-refractivity contribution in [2.24, 2.45) is 0 Å². The zero-order chi connectivity index (χ0) is 10.7. The standard InChI is InChI=1S/C9H18N2O3S/c12-15(13)6-2-1-4-11(15)8-9-7-10-3-5-14-9/h9-10H,1-8H2. The maximum absolute atomic E-state index is 11.7. The molecule has 0 aliphatic carbocycles. The maximum Gasteiger partial charge on any atom is 0.214 e. The van der Waals surface area contributed by atoms with Gasteiger partial charge < -0.3 is 10.1 Å². The molecule has 2 fully saturated rings. The van der Waals surface area contributed by atoms with Crippen LogP contribution in [0.15, 0.2) is 0 Å². The lowest BCUT2D eigenvalue weighted by Crippen LogP contribution is -2.48. The highest BCUT2D eigenvalue weighted by atomic mass is 32.2. The lowest BCUT2D eigenvalue weighted by Gasteiger charge is -2.31. The number of morpholine rings is 1. The van der Waals surface area contributed by atoms with Gasteiger partial charge in [0.2, 0.25) is 10.0 Å². The molecule has 0 radical (unpaired) electrons. The molecule has 0 saturated carbocycles. The van der Waals surface area contributed by atoms with E-state index in [1.165, 1.54) is 0 Å². The third-order valence-corrected chi connectivity index (χ3v) is 4.79. The first-order valence-corrected chi connectivity index (χ1v) is 7.09. The molecular formula is C9H18N2O3S. The van der Waals surface area contributed by atoms with Crippen molar-refractivity contribution >= 4 is 10.0 Å². The fourth-order valence-electron chi connectivity index (χ4n) is 2.01. The van der Waals surface area contributed by atoms with Crippen molar-refractivity contribution in [1.29, 1.82) is 0 Å². The molecule has 2 saturated heterocycles. The topological polar surface area (TPSA) is 58.6 Å². The minimum absolute atomic E-state index is 0.0200.